The summed E-state index contributed by atoms with van der Waals surface area (Å²) in [4.78, 5) is 32.2. The third-order valence-electron chi connectivity index (χ3n) is 1.89. The van der Waals surface area contributed by atoms with Gasteiger partial charge in [0.2, 0.25) is 17.4 Å². The molecule has 1 aromatic heterocycles. The first-order chi connectivity index (χ1) is 8.53. The first-order valence-corrected chi connectivity index (χ1v) is 4.78. The summed E-state index contributed by atoms with van der Waals surface area (Å²) in [6.07, 6.45) is 1.22. The molecule has 0 bridgehead atoms. The number of carbonyl (C=O) groups excluding carboxylic acids is 2. The van der Waals surface area contributed by atoms with Gasteiger partial charge in [0.1, 0.15) is 0 Å². The van der Waals surface area contributed by atoms with Crippen molar-refractivity contribution in [3.8, 4) is 0 Å². The van der Waals surface area contributed by atoms with Crippen LogP contribution >= 0.6 is 0 Å². The Morgan fingerprint density at radius 1 is 1.56 bits per heavy atom. The summed E-state index contributed by atoms with van der Waals surface area (Å²) >= 11 is 0. The van der Waals surface area contributed by atoms with Gasteiger partial charge in [0, 0.05) is 13.8 Å². The van der Waals surface area contributed by atoms with Gasteiger partial charge in [-0.1, -0.05) is 10.6 Å². The maximum Gasteiger partial charge on any atom is 0.332 e. The summed E-state index contributed by atoms with van der Waals surface area (Å²) in [6.45, 7) is 2.47. The number of nitrogens with zero attached hydrogens (tertiary/aromatic N) is 5. The number of oxime groups is 1. The molecule has 1 aromatic rings. The summed E-state index contributed by atoms with van der Waals surface area (Å²) in [6, 6.07) is 0. The average molecular weight is 255 g/mol. The average Bonchev–Trinajstić information content (AvgIpc) is 2.85. The molecule has 2 rings (SSSR count). The molecule has 1 aliphatic heterocycles. The first kappa shape index (κ1) is 11.9. The Balaban J connectivity index is 2.37. The second-order valence-electron chi connectivity index (χ2n) is 3.38. The van der Waals surface area contributed by atoms with Crippen molar-refractivity contribution in [2.24, 2.45) is 5.16 Å². The van der Waals surface area contributed by atoms with Crippen molar-refractivity contribution in [3.05, 3.63) is 5.82 Å². The molecule has 2 N–H and O–H groups in total. The standard InChI is InChI=1S/C7H9N7O4/c1-4(15)9-7(3-8-18-11-7)6-10-12-13-14(6)17-5(2)16/h3,11H,1-2H3,(H,9,15). The molecule has 1 aliphatic rings. The summed E-state index contributed by atoms with van der Waals surface area (Å²) in [5.74, 6) is -1.04. The normalized spacial score (nSPS) is 21.4. The van der Waals surface area contributed by atoms with Gasteiger partial charge in [-0.3, -0.25) is 9.73 Å². The van der Waals surface area contributed by atoms with Crippen LogP contribution in [0.5, 0.6) is 0 Å². The zero-order valence-electron chi connectivity index (χ0n) is 9.45. The molecule has 0 fully saturated rings. The Hall–Kier alpha value is -2.56. The van der Waals surface area contributed by atoms with Crippen molar-refractivity contribution in [1.82, 2.24) is 31.2 Å². The molecule has 1 unspecified atom stereocenters. The predicted molar refractivity (Wildman–Crippen MR) is 53.3 cm³/mol. The molecule has 18 heavy (non-hydrogen) atoms. The quantitative estimate of drug-likeness (QED) is 0.564. The number of hydroxylamine groups is 1. The van der Waals surface area contributed by atoms with Gasteiger partial charge in [0.15, 0.2) is 0 Å². The van der Waals surface area contributed by atoms with E-state index in [0.29, 0.717) is 0 Å². The Morgan fingerprint density at radius 3 is 2.89 bits per heavy atom. The van der Waals surface area contributed by atoms with Crippen LogP contribution in [0.25, 0.3) is 0 Å². The van der Waals surface area contributed by atoms with Crippen molar-refractivity contribution in [2.75, 3.05) is 0 Å². The smallest absolute Gasteiger partial charge is 0.324 e. The van der Waals surface area contributed by atoms with Crippen LogP contribution in [0.1, 0.15) is 19.7 Å². The van der Waals surface area contributed by atoms with Gasteiger partial charge in [-0.05, 0) is 15.3 Å². The summed E-state index contributed by atoms with van der Waals surface area (Å²) in [7, 11) is 0. The lowest BCUT2D eigenvalue weighted by atomic mass is 10.2. The minimum Gasteiger partial charge on any atom is -0.324 e. The van der Waals surface area contributed by atoms with Crippen LogP contribution in [0.2, 0.25) is 0 Å². The fraction of sp³-hybridized carbons (Fsp3) is 0.429. The third-order valence-corrected chi connectivity index (χ3v) is 1.89. The number of tetrazole rings is 1. The monoisotopic (exact) mass is 255 g/mol. The molecule has 0 radical (unpaired) electrons. The fourth-order valence-electron chi connectivity index (χ4n) is 1.32. The van der Waals surface area contributed by atoms with Crippen LogP contribution in [0.3, 0.4) is 0 Å². The summed E-state index contributed by atoms with van der Waals surface area (Å²) in [5, 5.41) is 16.4. The number of nitrogens with one attached hydrogen (secondary N) is 2. The van der Waals surface area contributed by atoms with Gasteiger partial charge in [0.05, 0.1) is 6.21 Å². The van der Waals surface area contributed by atoms with E-state index in [1.54, 1.807) is 0 Å². The minimum absolute atomic E-state index is 0.0193. The van der Waals surface area contributed by atoms with E-state index in [4.69, 9.17) is 4.84 Å². The maximum atomic E-state index is 11.2. The summed E-state index contributed by atoms with van der Waals surface area (Å²) in [5.41, 5.74) is 1.01. The van der Waals surface area contributed by atoms with Gasteiger partial charge in [-0.25, -0.2) is 4.79 Å². The third kappa shape index (κ3) is 2.10. The Labute approximate surface area is 100 Å². The maximum absolute atomic E-state index is 11.2. The zero-order chi connectivity index (χ0) is 13.2. The predicted octanol–water partition coefficient (Wildman–Crippen LogP) is -2.54. The number of carbonyl (C=O) groups is 2. The first-order valence-electron chi connectivity index (χ1n) is 4.78. The molecule has 1 atom stereocenters. The molecule has 2 heterocycles. The van der Waals surface area contributed by atoms with Gasteiger partial charge in [-0.15, -0.1) is 5.10 Å². The van der Waals surface area contributed by atoms with E-state index in [1.165, 1.54) is 20.1 Å². The van der Waals surface area contributed by atoms with E-state index in [9.17, 15) is 9.59 Å². The van der Waals surface area contributed by atoms with Gasteiger partial charge in [-0.2, -0.15) is 0 Å². The molecule has 96 valence electrons. The van der Waals surface area contributed by atoms with E-state index in [1.807, 2.05) is 0 Å². The lowest BCUT2D eigenvalue weighted by Crippen LogP contribution is -2.56. The van der Waals surface area contributed by atoms with E-state index >= 15 is 0 Å². The highest BCUT2D eigenvalue weighted by atomic mass is 16.8. The van der Waals surface area contributed by atoms with Crippen LogP contribution in [0.4, 0.5) is 0 Å². The van der Waals surface area contributed by atoms with Crippen molar-refractivity contribution >= 4 is 18.1 Å². The SMILES string of the molecule is CC(=O)NC1(c2nnnn2OC(C)=O)C=NON1. The van der Waals surface area contributed by atoms with Gasteiger partial charge >= 0.3 is 5.97 Å². The molecule has 0 saturated carbocycles. The highest BCUT2D eigenvalue weighted by Gasteiger charge is 2.43. The van der Waals surface area contributed by atoms with E-state index < -0.39 is 17.5 Å². The number of hydrogen-bond acceptors (Lipinski definition) is 9. The van der Waals surface area contributed by atoms with Crippen molar-refractivity contribution in [3.63, 3.8) is 0 Å². The topological polar surface area (TPSA) is 133 Å². The molecule has 1 amide bonds. The number of aromatic nitrogens is 4. The molecule has 0 aliphatic carbocycles. The second-order valence-corrected chi connectivity index (χ2v) is 3.38. The van der Waals surface area contributed by atoms with Crippen molar-refractivity contribution < 1.29 is 19.4 Å². The fourth-order valence-corrected chi connectivity index (χ4v) is 1.32. The lowest BCUT2D eigenvalue weighted by Gasteiger charge is -2.22. The number of rotatable bonds is 3. The highest BCUT2D eigenvalue weighted by Crippen LogP contribution is 2.16. The van der Waals surface area contributed by atoms with Crippen LogP contribution in [-0.2, 0) is 20.2 Å². The molecular formula is C7H9N7O4. The zero-order valence-corrected chi connectivity index (χ0v) is 9.45. The Morgan fingerprint density at radius 2 is 2.33 bits per heavy atom. The van der Waals surface area contributed by atoms with Crippen LogP contribution in [0.15, 0.2) is 5.16 Å². The van der Waals surface area contributed by atoms with Crippen LogP contribution < -0.4 is 15.6 Å². The molecular weight excluding hydrogens is 246 g/mol. The van der Waals surface area contributed by atoms with E-state index in [2.05, 4.69) is 36.4 Å². The van der Waals surface area contributed by atoms with Crippen molar-refractivity contribution in [2.45, 2.75) is 19.5 Å². The van der Waals surface area contributed by atoms with Gasteiger partial charge < -0.3 is 10.2 Å². The largest absolute Gasteiger partial charge is 0.332 e. The molecule has 0 saturated heterocycles. The molecule has 11 nitrogen and oxygen atoms in total. The Bertz CT molecular complexity index is 512. The highest BCUT2D eigenvalue weighted by molar-refractivity contribution is 5.82. The number of amides is 1. The minimum atomic E-state index is -1.40. The number of hydrogen-bond donors (Lipinski definition) is 2. The second kappa shape index (κ2) is 4.37. The van der Waals surface area contributed by atoms with E-state index in [0.717, 1.165) is 4.85 Å². The summed E-state index contributed by atoms with van der Waals surface area (Å²) < 4.78 is 0. The van der Waals surface area contributed by atoms with Crippen LogP contribution in [-0.4, -0.2) is 38.5 Å². The molecule has 11 heteroatoms. The van der Waals surface area contributed by atoms with Crippen LogP contribution in [0, 0.1) is 0 Å². The molecule has 0 aromatic carbocycles. The molecule has 0 spiro atoms. The van der Waals surface area contributed by atoms with E-state index in [-0.39, 0.29) is 5.82 Å². The Kier molecular flexibility index (Phi) is 2.89. The lowest BCUT2D eigenvalue weighted by molar-refractivity contribution is -0.144. The van der Waals surface area contributed by atoms with Gasteiger partial charge in [0.25, 0.3) is 0 Å². The van der Waals surface area contributed by atoms with Crippen molar-refractivity contribution in [1.29, 1.82) is 0 Å².